The van der Waals surface area contributed by atoms with Crippen LogP contribution in [0.25, 0.3) is 0 Å². The van der Waals surface area contributed by atoms with Crippen molar-refractivity contribution in [3.8, 4) is 5.75 Å². The molecule has 1 aromatic rings. The van der Waals surface area contributed by atoms with Gasteiger partial charge in [-0.1, -0.05) is 26.0 Å². The van der Waals surface area contributed by atoms with Crippen LogP contribution in [-0.4, -0.2) is 25.6 Å². The van der Waals surface area contributed by atoms with E-state index < -0.39 is 0 Å². The SMILES string of the molecule is COc1ccccc1NCC(=O)NC(C)C(C)C. The summed E-state index contributed by atoms with van der Waals surface area (Å²) in [6.45, 7) is 6.42. The highest BCUT2D eigenvalue weighted by atomic mass is 16.5. The van der Waals surface area contributed by atoms with Crippen molar-refractivity contribution in [1.82, 2.24) is 5.32 Å². The first-order chi connectivity index (χ1) is 8.54. The summed E-state index contributed by atoms with van der Waals surface area (Å²) in [5.41, 5.74) is 0.826. The quantitative estimate of drug-likeness (QED) is 0.814. The van der Waals surface area contributed by atoms with E-state index in [0.29, 0.717) is 5.92 Å². The molecule has 0 aliphatic heterocycles. The van der Waals surface area contributed by atoms with Gasteiger partial charge in [0.25, 0.3) is 0 Å². The molecule has 1 atom stereocenters. The largest absolute Gasteiger partial charge is 0.495 e. The van der Waals surface area contributed by atoms with Gasteiger partial charge in [-0.05, 0) is 25.0 Å². The Kier molecular flexibility index (Phi) is 5.49. The van der Waals surface area contributed by atoms with Gasteiger partial charge in [-0.3, -0.25) is 4.79 Å². The third-order valence-electron chi connectivity index (χ3n) is 2.94. The Morgan fingerprint density at radius 3 is 2.56 bits per heavy atom. The normalized spacial score (nSPS) is 12.1. The van der Waals surface area contributed by atoms with Crippen molar-refractivity contribution in [2.75, 3.05) is 19.0 Å². The molecule has 0 fully saturated rings. The number of nitrogens with one attached hydrogen (secondary N) is 2. The van der Waals surface area contributed by atoms with Gasteiger partial charge in [-0.15, -0.1) is 0 Å². The van der Waals surface area contributed by atoms with Crippen LogP contribution in [-0.2, 0) is 4.79 Å². The van der Waals surface area contributed by atoms with Gasteiger partial charge in [0.1, 0.15) is 5.75 Å². The van der Waals surface area contributed by atoms with Crippen molar-refractivity contribution >= 4 is 11.6 Å². The van der Waals surface area contributed by atoms with Crippen LogP contribution >= 0.6 is 0 Å². The molecule has 0 bridgehead atoms. The molecule has 1 unspecified atom stereocenters. The van der Waals surface area contributed by atoms with E-state index in [-0.39, 0.29) is 18.5 Å². The molecule has 0 heterocycles. The standard InChI is InChI=1S/C14H22N2O2/c1-10(2)11(3)16-14(17)9-15-12-7-5-6-8-13(12)18-4/h5-8,10-11,15H,9H2,1-4H3,(H,16,17). The van der Waals surface area contributed by atoms with Crippen LogP contribution < -0.4 is 15.4 Å². The fourth-order valence-corrected chi connectivity index (χ4v) is 1.44. The minimum atomic E-state index is -0.0119. The molecule has 0 radical (unpaired) electrons. The molecule has 0 aromatic heterocycles. The summed E-state index contributed by atoms with van der Waals surface area (Å²) in [5, 5.41) is 6.02. The smallest absolute Gasteiger partial charge is 0.239 e. The fraction of sp³-hybridized carbons (Fsp3) is 0.500. The van der Waals surface area contributed by atoms with Crippen molar-refractivity contribution in [2.45, 2.75) is 26.8 Å². The average molecular weight is 250 g/mol. The molecule has 4 nitrogen and oxygen atoms in total. The van der Waals surface area contributed by atoms with E-state index >= 15 is 0 Å². The Balaban J connectivity index is 2.47. The number of hydrogen-bond acceptors (Lipinski definition) is 3. The molecule has 0 saturated heterocycles. The van der Waals surface area contributed by atoms with Gasteiger partial charge in [0.2, 0.25) is 5.91 Å². The summed E-state index contributed by atoms with van der Waals surface area (Å²) in [6, 6.07) is 7.72. The predicted octanol–water partition coefficient (Wildman–Crippen LogP) is 2.27. The van der Waals surface area contributed by atoms with Crippen LogP contribution in [0.2, 0.25) is 0 Å². The zero-order chi connectivity index (χ0) is 13.5. The molecular weight excluding hydrogens is 228 g/mol. The second-order valence-corrected chi connectivity index (χ2v) is 4.65. The maximum Gasteiger partial charge on any atom is 0.239 e. The third kappa shape index (κ3) is 4.28. The number of anilines is 1. The van der Waals surface area contributed by atoms with Crippen LogP contribution in [0, 0.1) is 5.92 Å². The Morgan fingerprint density at radius 1 is 1.28 bits per heavy atom. The molecule has 2 N–H and O–H groups in total. The fourth-order valence-electron chi connectivity index (χ4n) is 1.44. The summed E-state index contributed by atoms with van der Waals surface area (Å²) in [4.78, 5) is 11.7. The van der Waals surface area contributed by atoms with E-state index in [0.717, 1.165) is 11.4 Å². The molecular formula is C14H22N2O2. The minimum Gasteiger partial charge on any atom is -0.495 e. The number of ether oxygens (including phenoxy) is 1. The van der Waals surface area contributed by atoms with Gasteiger partial charge in [0.05, 0.1) is 19.3 Å². The molecule has 1 rings (SSSR count). The maximum absolute atomic E-state index is 11.7. The average Bonchev–Trinajstić information content (AvgIpc) is 2.36. The van der Waals surface area contributed by atoms with Gasteiger partial charge in [-0.2, -0.15) is 0 Å². The third-order valence-corrected chi connectivity index (χ3v) is 2.94. The van der Waals surface area contributed by atoms with Gasteiger partial charge in [0, 0.05) is 6.04 Å². The maximum atomic E-state index is 11.7. The summed E-state index contributed by atoms with van der Waals surface area (Å²) < 4.78 is 5.20. The number of benzene rings is 1. The summed E-state index contributed by atoms with van der Waals surface area (Å²) in [5.74, 6) is 1.16. The van der Waals surface area contributed by atoms with E-state index in [1.165, 1.54) is 0 Å². The second-order valence-electron chi connectivity index (χ2n) is 4.65. The minimum absolute atomic E-state index is 0.0119. The molecule has 18 heavy (non-hydrogen) atoms. The Morgan fingerprint density at radius 2 is 1.94 bits per heavy atom. The number of amides is 1. The monoisotopic (exact) mass is 250 g/mol. The Hall–Kier alpha value is -1.71. The number of hydrogen-bond donors (Lipinski definition) is 2. The van der Waals surface area contributed by atoms with E-state index in [2.05, 4.69) is 24.5 Å². The zero-order valence-corrected chi connectivity index (χ0v) is 11.5. The van der Waals surface area contributed by atoms with E-state index in [1.807, 2.05) is 31.2 Å². The molecule has 1 aromatic carbocycles. The number of para-hydroxylation sites is 2. The number of carbonyl (C=O) groups excluding carboxylic acids is 1. The second kappa shape index (κ2) is 6.89. The number of carbonyl (C=O) groups is 1. The highest BCUT2D eigenvalue weighted by Gasteiger charge is 2.10. The Bertz CT molecular complexity index is 391. The lowest BCUT2D eigenvalue weighted by atomic mass is 10.1. The van der Waals surface area contributed by atoms with Crippen molar-refractivity contribution in [2.24, 2.45) is 5.92 Å². The summed E-state index contributed by atoms with van der Waals surface area (Å²) in [6.07, 6.45) is 0. The molecule has 4 heteroatoms. The topological polar surface area (TPSA) is 50.4 Å². The van der Waals surface area contributed by atoms with Gasteiger partial charge < -0.3 is 15.4 Å². The van der Waals surface area contributed by atoms with Crippen LogP contribution in [0.3, 0.4) is 0 Å². The van der Waals surface area contributed by atoms with Crippen molar-refractivity contribution in [3.05, 3.63) is 24.3 Å². The van der Waals surface area contributed by atoms with Crippen LogP contribution in [0.15, 0.2) is 24.3 Å². The van der Waals surface area contributed by atoms with Crippen LogP contribution in [0.5, 0.6) is 5.75 Å². The molecule has 100 valence electrons. The van der Waals surface area contributed by atoms with Crippen molar-refractivity contribution < 1.29 is 9.53 Å². The first-order valence-corrected chi connectivity index (χ1v) is 6.21. The lowest BCUT2D eigenvalue weighted by molar-refractivity contribution is -0.120. The highest BCUT2D eigenvalue weighted by Crippen LogP contribution is 2.22. The Labute approximate surface area is 109 Å². The molecule has 0 saturated carbocycles. The lowest BCUT2D eigenvalue weighted by Gasteiger charge is -2.18. The van der Waals surface area contributed by atoms with Crippen molar-refractivity contribution in [1.29, 1.82) is 0 Å². The van der Waals surface area contributed by atoms with Crippen LogP contribution in [0.1, 0.15) is 20.8 Å². The van der Waals surface area contributed by atoms with Crippen LogP contribution in [0.4, 0.5) is 5.69 Å². The first kappa shape index (κ1) is 14.4. The summed E-state index contributed by atoms with van der Waals surface area (Å²) in [7, 11) is 1.61. The lowest BCUT2D eigenvalue weighted by Crippen LogP contribution is -2.39. The van der Waals surface area contributed by atoms with E-state index in [4.69, 9.17) is 4.74 Å². The first-order valence-electron chi connectivity index (χ1n) is 6.21. The molecule has 0 aliphatic rings. The van der Waals surface area contributed by atoms with Gasteiger partial charge >= 0.3 is 0 Å². The van der Waals surface area contributed by atoms with E-state index in [9.17, 15) is 4.79 Å². The molecule has 1 amide bonds. The van der Waals surface area contributed by atoms with E-state index in [1.54, 1.807) is 7.11 Å². The highest BCUT2D eigenvalue weighted by molar-refractivity contribution is 5.81. The molecule has 0 aliphatic carbocycles. The number of methoxy groups -OCH3 is 1. The zero-order valence-electron chi connectivity index (χ0n) is 11.5. The number of rotatable bonds is 6. The predicted molar refractivity (Wildman–Crippen MR) is 73.9 cm³/mol. The molecule has 0 spiro atoms. The van der Waals surface area contributed by atoms with Crippen molar-refractivity contribution in [3.63, 3.8) is 0 Å². The van der Waals surface area contributed by atoms with Gasteiger partial charge in [-0.25, -0.2) is 0 Å². The summed E-state index contributed by atoms with van der Waals surface area (Å²) >= 11 is 0. The van der Waals surface area contributed by atoms with Gasteiger partial charge in [0.15, 0.2) is 0 Å².